The molecule has 2 heterocycles. The van der Waals surface area contributed by atoms with Gasteiger partial charge in [0, 0.05) is 22.8 Å². The molecule has 3 aromatic carbocycles. The number of hydrogen-bond donors (Lipinski definition) is 0. The highest BCUT2D eigenvalue weighted by atomic mass is 16.5. The Labute approximate surface area is 199 Å². The normalized spacial score (nSPS) is 10.7. The largest absolute Gasteiger partial charge is 0.497 e. The Kier molecular flexibility index (Phi) is 5.84. The topological polar surface area (TPSA) is 48.2 Å². The van der Waals surface area contributed by atoms with Crippen molar-refractivity contribution >= 4 is 11.2 Å². The maximum absolute atomic E-state index is 6.12. The Morgan fingerprint density at radius 1 is 0.824 bits per heavy atom. The van der Waals surface area contributed by atoms with Crippen LogP contribution in [-0.2, 0) is 6.42 Å². The average molecular weight is 445 g/mol. The number of rotatable bonds is 4. The third kappa shape index (κ3) is 4.42. The molecule has 5 rings (SSSR count). The zero-order valence-electron chi connectivity index (χ0n) is 19.4. The standard InChI is InChI=1S/C30H24N2O2/c1-4-21-9-12-23(13-10-21)28-19-27-30(34-28)32-29(24-14-16-25(33-3)17-15-24)26(31-27)18-11-22-7-5-20(2)6-8-22/h5-10,12-17,19H,4H2,1-3H3. The molecule has 5 aromatic rings. The maximum Gasteiger partial charge on any atom is 0.246 e. The summed E-state index contributed by atoms with van der Waals surface area (Å²) in [7, 11) is 1.65. The van der Waals surface area contributed by atoms with E-state index in [9.17, 15) is 0 Å². The van der Waals surface area contributed by atoms with E-state index in [4.69, 9.17) is 19.1 Å². The lowest BCUT2D eigenvalue weighted by molar-refractivity contribution is 0.415. The van der Waals surface area contributed by atoms with Crippen LogP contribution in [0.25, 0.3) is 33.8 Å². The fourth-order valence-corrected chi connectivity index (χ4v) is 3.71. The maximum atomic E-state index is 6.12. The van der Waals surface area contributed by atoms with E-state index in [1.54, 1.807) is 7.11 Å². The first kappa shape index (κ1) is 21.5. The molecular formula is C30H24N2O2. The number of aryl methyl sites for hydroxylation is 2. The third-order valence-electron chi connectivity index (χ3n) is 5.75. The lowest BCUT2D eigenvalue weighted by Crippen LogP contribution is -1.94. The summed E-state index contributed by atoms with van der Waals surface area (Å²) in [5, 5.41) is 0. The van der Waals surface area contributed by atoms with Crippen LogP contribution in [0.4, 0.5) is 0 Å². The molecular weight excluding hydrogens is 420 g/mol. The summed E-state index contributed by atoms with van der Waals surface area (Å²) in [6, 6.07) is 26.1. The summed E-state index contributed by atoms with van der Waals surface area (Å²) >= 11 is 0. The van der Waals surface area contributed by atoms with Crippen LogP contribution in [0.15, 0.2) is 83.3 Å². The summed E-state index contributed by atoms with van der Waals surface area (Å²) in [5.41, 5.74) is 7.75. The van der Waals surface area contributed by atoms with Crippen LogP contribution in [0.1, 0.15) is 29.3 Å². The van der Waals surface area contributed by atoms with Gasteiger partial charge < -0.3 is 9.15 Å². The van der Waals surface area contributed by atoms with Crippen LogP contribution < -0.4 is 4.74 Å². The summed E-state index contributed by atoms with van der Waals surface area (Å²) in [5.74, 6) is 7.98. The van der Waals surface area contributed by atoms with Crippen LogP contribution in [0.5, 0.6) is 5.75 Å². The molecule has 0 saturated heterocycles. The van der Waals surface area contributed by atoms with Gasteiger partial charge in [0.05, 0.1) is 7.11 Å². The average Bonchev–Trinajstić information content (AvgIpc) is 3.31. The second-order valence-electron chi connectivity index (χ2n) is 8.12. The molecule has 4 nitrogen and oxygen atoms in total. The molecule has 166 valence electrons. The van der Waals surface area contributed by atoms with Crippen molar-refractivity contribution in [1.29, 1.82) is 0 Å². The van der Waals surface area contributed by atoms with Crippen molar-refractivity contribution in [2.75, 3.05) is 7.11 Å². The lowest BCUT2D eigenvalue weighted by Gasteiger charge is -2.05. The Hall–Kier alpha value is -4.36. The van der Waals surface area contributed by atoms with Gasteiger partial charge in [-0.15, -0.1) is 0 Å². The lowest BCUT2D eigenvalue weighted by atomic mass is 10.1. The number of hydrogen-bond acceptors (Lipinski definition) is 4. The molecule has 0 bridgehead atoms. The number of furan rings is 1. The van der Waals surface area contributed by atoms with Crippen molar-refractivity contribution in [3.05, 3.63) is 101 Å². The molecule has 0 radical (unpaired) electrons. The first-order valence-electron chi connectivity index (χ1n) is 11.3. The number of benzene rings is 3. The van der Waals surface area contributed by atoms with Crippen LogP contribution in [0.3, 0.4) is 0 Å². The Bertz CT molecular complexity index is 1500. The van der Waals surface area contributed by atoms with Crippen molar-refractivity contribution in [3.63, 3.8) is 0 Å². The van der Waals surface area contributed by atoms with E-state index in [0.29, 0.717) is 22.6 Å². The zero-order chi connectivity index (χ0) is 23.5. The van der Waals surface area contributed by atoms with Crippen LogP contribution in [0.2, 0.25) is 0 Å². The highest BCUT2D eigenvalue weighted by Crippen LogP contribution is 2.30. The number of nitrogens with zero attached hydrogens (tertiary/aromatic N) is 2. The van der Waals surface area contributed by atoms with Crippen molar-refractivity contribution in [2.24, 2.45) is 0 Å². The highest BCUT2D eigenvalue weighted by Gasteiger charge is 2.15. The third-order valence-corrected chi connectivity index (χ3v) is 5.75. The van der Waals surface area contributed by atoms with E-state index in [1.807, 2.05) is 42.5 Å². The molecule has 0 aliphatic rings. The van der Waals surface area contributed by atoms with E-state index in [-0.39, 0.29) is 0 Å². The second-order valence-corrected chi connectivity index (χ2v) is 8.12. The van der Waals surface area contributed by atoms with E-state index >= 15 is 0 Å². The number of aromatic nitrogens is 2. The molecule has 0 amide bonds. The number of ether oxygens (including phenoxy) is 1. The van der Waals surface area contributed by atoms with Gasteiger partial charge in [0.1, 0.15) is 28.4 Å². The molecule has 0 aliphatic heterocycles. The molecule has 2 aromatic heterocycles. The molecule has 0 atom stereocenters. The molecule has 0 N–H and O–H groups in total. The Balaban J connectivity index is 1.62. The summed E-state index contributed by atoms with van der Waals surface area (Å²) in [6.45, 7) is 4.20. The molecule has 0 spiro atoms. The van der Waals surface area contributed by atoms with Gasteiger partial charge in [-0.1, -0.05) is 54.8 Å². The minimum Gasteiger partial charge on any atom is -0.497 e. The van der Waals surface area contributed by atoms with E-state index in [1.165, 1.54) is 11.1 Å². The number of fused-ring (bicyclic) bond motifs is 1. The fraction of sp³-hybridized carbons (Fsp3) is 0.133. The first-order valence-corrected chi connectivity index (χ1v) is 11.3. The van der Waals surface area contributed by atoms with E-state index in [0.717, 1.165) is 34.6 Å². The molecule has 34 heavy (non-hydrogen) atoms. The number of methoxy groups -OCH3 is 1. The zero-order valence-corrected chi connectivity index (χ0v) is 19.4. The molecule has 0 unspecified atom stereocenters. The summed E-state index contributed by atoms with van der Waals surface area (Å²) in [6.07, 6.45) is 0.998. The van der Waals surface area contributed by atoms with Gasteiger partial charge in [-0.25, -0.2) is 9.97 Å². The minimum atomic E-state index is 0.487. The predicted octanol–water partition coefficient (Wildman–Crippen LogP) is 6.84. The van der Waals surface area contributed by atoms with Crippen LogP contribution in [0, 0.1) is 18.8 Å². The first-order chi connectivity index (χ1) is 16.6. The van der Waals surface area contributed by atoms with Crippen LogP contribution in [-0.4, -0.2) is 17.1 Å². The van der Waals surface area contributed by atoms with E-state index in [2.05, 4.69) is 62.1 Å². The molecule has 0 saturated carbocycles. The monoisotopic (exact) mass is 444 g/mol. The van der Waals surface area contributed by atoms with Gasteiger partial charge in [0.25, 0.3) is 0 Å². The molecule has 0 fully saturated rings. The van der Waals surface area contributed by atoms with Crippen molar-refractivity contribution < 1.29 is 9.15 Å². The van der Waals surface area contributed by atoms with Gasteiger partial charge >= 0.3 is 0 Å². The van der Waals surface area contributed by atoms with Crippen molar-refractivity contribution in [1.82, 2.24) is 9.97 Å². The Morgan fingerprint density at radius 2 is 1.53 bits per heavy atom. The quantitative estimate of drug-likeness (QED) is 0.285. The summed E-state index contributed by atoms with van der Waals surface area (Å²) < 4.78 is 11.4. The molecule has 0 aliphatic carbocycles. The highest BCUT2D eigenvalue weighted by molar-refractivity contribution is 5.81. The van der Waals surface area contributed by atoms with Crippen molar-refractivity contribution in [3.8, 4) is 40.2 Å². The SMILES string of the molecule is CCc1ccc(-c2cc3nc(C#Cc4ccc(C)cc4)c(-c4ccc(OC)cc4)nc3o2)cc1. The van der Waals surface area contributed by atoms with E-state index < -0.39 is 0 Å². The summed E-state index contributed by atoms with van der Waals surface area (Å²) in [4.78, 5) is 9.68. The molecule has 4 heteroatoms. The fourth-order valence-electron chi connectivity index (χ4n) is 3.71. The van der Waals surface area contributed by atoms with Gasteiger partial charge in [0.2, 0.25) is 5.71 Å². The van der Waals surface area contributed by atoms with Gasteiger partial charge in [0.15, 0.2) is 0 Å². The van der Waals surface area contributed by atoms with Gasteiger partial charge in [-0.05, 0) is 61.2 Å². The Morgan fingerprint density at radius 3 is 2.21 bits per heavy atom. The van der Waals surface area contributed by atoms with Gasteiger partial charge in [-0.3, -0.25) is 0 Å². The minimum absolute atomic E-state index is 0.487. The smallest absolute Gasteiger partial charge is 0.246 e. The van der Waals surface area contributed by atoms with Crippen LogP contribution >= 0.6 is 0 Å². The van der Waals surface area contributed by atoms with Gasteiger partial charge in [-0.2, -0.15) is 0 Å². The predicted molar refractivity (Wildman–Crippen MR) is 136 cm³/mol. The second kappa shape index (κ2) is 9.25. The van der Waals surface area contributed by atoms with Crippen molar-refractivity contribution in [2.45, 2.75) is 20.3 Å².